The normalized spacial score (nSPS) is 19.3. The van der Waals surface area contributed by atoms with E-state index in [1.807, 2.05) is 0 Å². The van der Waals surface area contributed by atoms with Crippen molar-refractivity contribution < 1.29 is 21.6 Å². The van der Waals surface area contributed by atoms with Gasteiger partial charge in [0.15, 0.2) is 0 Å². The number of halogens is 3. The summed E-state index contributed by atoms with van der Waals surface area (Å²) in [4.78, 5) is 0. The van der Waals surface area contributed by atoms with Crippen LogP contribution >= 0.6 is 0 Å². The Balaban J connectivity index is 2.88. The number of nitrogens with zero attached hydrogens (tertiary/aromatic N) is 1. The van der Waals surface area contributed by atoms with Crippen LogP contribution in [-0.2, 0) is 10.0 Å². The first-order valence-electron chi connectivity index (χ1n) is 4.59. The van der Waals surface area contributed by atoms with Gasteiger partial charge < -0.3 is 5.32 Å². The van der Waals surface area contributed by atoms with Crippen molar-refractivity contribution in [3.8, 4) is 0 Å². The fourth-order valence-electron chi connectivity index (χ4n) is 1.33. The van der Waals surface area contributed by atoms with Crippen LogP contribution in [0.2, 0.25) is 0 Å². The van der Waals surface area contributed by atoms with Gasteiger partial charge in [-0.2, -0.15) is 17.5 Å². The van der Waals surface area contributed by atoms with E-state index in [1.54, 1.807) is 6.92 Å². The van der Waals surface area contributed by atoms with Crippen molar-refractivity contribution in [2.75, 3.05) is 19.6 Å². The molecule has 0 aromatic heterocycles. The number of rotatable bonds is 4. The van der Waals surface area contributed by atoms with Crippen LogP contribution < -0.4 is 5.32 Å². The van der Waals surface area contributed by atoms with E-state index in [2.05, 4.69) is 5.32 Å². The lowest BCUT2D eigenvalue weighted by Crippen LogP contribution is -2.60. The second-order valence-corrected chi connectivity index (χ2v) is 5.26. The zero-order valence-electron chi connectivity index (χ0n) is 8.21. The van der Waals surface area contributed by atoms with Gasteiger partial charge in [-0.3, -0.25) is 0 Å². The summed E-state index contributed by atoms with van der Waals surface area (Å²) >= 11 is 0. The van der Waals surface area contributed by atoms with Crippen molar-refractivity contribution >= 4 is 10.0 Å². The number of hydrogen-bond acceptors (Lipinski definition) is 3. The van der Waals surface area contributed by atoms with Gasteiger partial charge in [-0.25, -0.2) is 8.42 Å². The average Bonchev–Trinajstić information content (AvgIpc) is 1.98. The minimum Gasteiger partial charge on any atom is -0.313 e. The second kappa shape index (κ2) is 4.26. The standard InChI is InChI=1S/C7H13F3N2O2S/c1-2-3-12(6-4-11-5-6)15(13,14)7(8,9)10/h6,11H,2-5H2,1H3. The van der Waals surface area contributed by atoms with Gasteiger partial charge in [0.25, 0.3) is 0 Å². The van der Waals surface area contributed by atoms with Crippen molar-refractivity contribution in [1.82, 2.24) is 9.62 Å². The average molecular weight is 246 g/mol. The summed E-state index contributed by atoms with van der Waals surface area (Å²) in [6, 6.07) is -0.559. The lowest BCUT2D eigenvalue weighted by atomic mass is 10.2. The van der Waals surface area contributed by atoms with Gasteiger partial charge >= 0.3 is 15.5 Å². The molecule has 1 saturated heterocycles. The van der Waals surface area contributed by atoms with Crippen LogP contribution in [0.1, 0.15) is 13.3 Å². The first-order valence-corrected chi connectivity index (χ1v) is 6.03. The largest absolute Gasteiger partial charge is 0.511 e. The highest BCUT2D eigenvalue weighted by atomic mass is 32.2. The van der Waals surface area contributed by atoms with Gasteiger partial charge in [0.2, 0.25) is 0 Å². The maximum Gasteiger partial charge on any atom is 0.511 e. The Kier molecular flexibility index (Phi) is 3.62. The summed E-state index contributed by atoms with van der Waals surface area (Å²) in [5, 5.41) is 2.75. The van der Waals surface area contributed by atoms with Gasteiger partial charge in [-0.05, 0) is 6.42 Å². The smallest absolute Gasteiger partial charge is 0.313 e. The molecule has 1 fully saturated rings. The minimum absolute atomic E-state index is 0.0891. The van der Waals surface area contributed by atoms with Gasteiger partial charge in [0, 0.05) is 25.7 Å². The van der Waals surface area contributed by atoms with Crippen molar-refractivity contribution in [3.63, 3.8) is 0 Å². The molecule has 1 rings (SSSR count). The molecular formula is C7H13F3N2O2S. The van der Waals surface area contributed by atoms with Crippen molar-refractivity contribution in [3.05, 3.63) is 0 Å². The molecule has 0 radical (unpaired) electrons. The third kappa shape index (κ3) is 2.43. The highest BCUT2D eigenvalue weighted by Crippen LogP contribution is 2.29. The van der Waals surface area contributed by atoms with E-state index in [1.165, 1.54) is 0 Å². The van der Waals surface area contributed by atoms with Crippen LogP contribution in [0.5, 0.6) is 0 Å². The molecule has 0 aromatic rings. The van der Waals surface area contributed by atoms with Crippen molar-refractivity contribution in [2.45, 2.75) is 24.9 Å². The number of hydrogen-bond donors (Lipinski definition) is 1. The van der Waals surface area contributed by atoms with E-state index >= 15 is 0 Å². The molecule has 0 spiro atoms. The monoisotopic (exact) mass is 246 g/mol. The Labute approximate surface area is 86.5 Å². The highest BCUT2D eigenvalue weighted by Gasteiger charge is 2.52. The predicted octanol–water partition coefficient (Wildman–Crippen LogP) is 0.520. The predicted molar refractivity (Wildman–Crippen MR) is 48.6 cm³/mol. The Morgan fingerprint density at radius 3 is 2.20 bits per heavy atom. The molecule has 1 aliphatic rings. The number of nitrogens with one attached hydrogen (secondary N) is 1. The SMILES string of the molecule is CCCN(C1CNC1)S(=O)(=O)C(F)(F)F. The van der Waals surface area contributed by atoms with Crippen LogP contribution in [-0.4, -0.2) is 43.9 Å². The molecule has 1 N–H and O–H groups in total. The van der Waals surface area contributed by atoms with E-state index in [0.29, 0.717) is 10.7 Å². The molecule has 0 amide bonds. The Bertz CT molecular complexity index is 311. The molecule has 0 atom stereocenters. The summed E-state index contributed by atoms with van der Waals surface area (Å²) in [5.41, 5.74) is -5.20. The van der Waals surface area contributed by atoms with E-state index in [0.717, 1.165) is 0 Å². The second-order valence-electron chi connectivity index (χ2n) is 3.37. The maximum absolute atomic E-state index is 12.3. The molecule has 1 aliphatic heterocycles. The molecule has 0 unspecified atom stereocenters. The molecule has 15 heavy (non-hydrogen) atoms. The fourth-order valence-corrected chi connectivity index (χ4v) is 2.56. The van der Waals surface area contributed by atoms with Crippen LogP contribution in [0.25, 0.3) is 0 Å². The third-order valence-electron chi connectivity index (χ3n) is 2.21. The summed E-state index contributed by atoms with van der Waals surface area (Å²) < 4.78 is 59.7. The first-order chi connectivity index (χ1) is 6.80. The molecule has 8 heteroatoms. The molecule has 1 heterocycles. The van der Waals surface area contributed by atoms with Gasteiger partial charge in [-0.1, -0.05) is 6.92 Å². The molecule has 0 aliphatic carbocycles. The summed E-state index contributed by atoms with van der Waals surface area (Å²) in [6.45, 7) is 2.13. The van der Waals surface area contributed by atoms with Gasteiger partial charge in [-0.15, -0.1) is 0 Å². The number of alkyl halides is 3. The van der Waals surface area contributed by atoms with Crippen molar-refractivity contribution in [1.29, 1.82) is 0 Å². The highest BCUT2D eigenvalue weighted by molar-refractivity contribution is 7.90. The molecular weight excluding hydrogens is 233 g/mol. The maximum atomic E-state index is 12.3. The Morgan fingerprint density at radius 2 is 1.93 bits per heavy atom. The minimum atomic E-state index is -5.20. The van der Waals surface area contributed by atoms with E-state index in [-0.39, 0.29) is 19.6 Å². The van der Waals surface area contributed by atoms with Crippen LogP contribution in [0.3, 0.4) is 0 Å². The van der Waals surface area contributed by atoms with Crippen molar-refractivity contribution in [2.24, 2.45) is 0 Å². The van der Waals surface area contributed by atoms with E-state index < -0.39 is 21.6 Å². The fraction of sp³-hybridized carbons (Fsp3) is 1.00. The lowest BCUT2D eigenvalue weighted by molar-refractivity contribution is -0.0507. The zero-order valence-corrected chi connectivity index (χ0v) is 9.03. The van der Waals surface area contributed by atoms with Crippen LogP contribution in [0.4, 0.5) is 13.2 Å². The van der Waals surface area contributed by atoms with Crippen LogP contribution in [0.15, 0.2) is 0 Å². The molecule has 0 bridgehead atoms. The molecule has 0 aromatic carbocycles. The van der Waals surface area contributed by atoms with Crippen LogP contribution in [0, 0.1) is 0 Å². The quantitative estimate of drug-likeness (QED) is 0.786. The summed E-state index contributed by atoms with van der Waals surface area (Å²) in [5.74, 6) is 0. The zero-order chi connectivity index (χ0) is 11.7. The van der Waals surface area contributed by atoms with Gasteiger partial charge in [0.05, 0.1) is 0 Å². The number of sulfonamides is 1. The summed E-state index contributed by atoms with van der Waals surface area (Å²) in [7, 11) is -5.17. The van der Waals surface area contributed by atoms with E-state index in [4.69, 9.17) is 0 Å². The third-order valence-corrected chi connectivity index (χ3v) is 3.90. The summed E-state index contributed by atoms with van der Waals surface area (Å²) in [6.07, 6.45) is 0.367. The lowest BCUT2D eigenvalue weighted by Gasteiger charge is -2.37. The Morgan fingerprint density at radius 1 is 1.40 bits per heavy atom. The molecule has 90 valence electrons. The topological polar surface area (TPSA) is 49.4 Å². The molecule has 4 nitrogen and oxygen atoms in total. The van der Waals surface area contributed by atoms with E-state index in [9.17, 15) is 21.6 Å². The Hall–Kier alpha value is -0.340. The van der Waals surface area contributed by atoms with Gasteiger partial charge in [0.1, 0.15) is 0 Å². The first kappa shape index (κ1) is 12.7. The molecule has 0 saturated carbocycles.